The normalized spacial score (nSPS) is 13.0. The van der Waals surface area contributed by atoms with Gasteiger partial charge in [0.2, 0.25) is 12.7 Å². The summed E-state index contributed by atoms with van der Waals surface area (Å²) >= 11 is 0. The lowest BCUT2D eigenvalue weighted by Gasteiger charge is -2.09. The van der Waals surface area contributed by atoms with Crippen molar-refractivity contribution in [2.75, 3.05) is 0 Å². The van der Waals surface area contributed by atoms with Gasteiger partial charge >= 0.3 is 0 Å². The van der Waals surface area contributed by atoms with Crippen LogP contribution in [0.1, 0.15) is 48.2 Å². The van der Waals surface area contributed by atoms with E-state index >= 15 is 0 Å². The molecule has 2 aromatic heterocycles. The second-order valence-electron chi connectivity index (χ2n) is 9.01. The maximum atomic E-state index is 2.28. The predicted molar refractivity (Wildman–Crippen MR) is 134 cm³/mol. The second-order valence-corrected chi connectivity index (χ2v) is 9.01. The fraction of sp³-hybridized carbons (Fsp3) is 0.200. The first-order valence-corrected chi connectivity index (χ1v) is 12.0. The Hall–Kier alpha value is -3.92. The molecule has 34 heavy (non-hydrogen) atoms. The third-order valence-corrected chi connectivity index (χ3v) is 6.71. The maximum Gasteiger partial charge on any atom is 0.244 e. The van der Waals surface area contributed by atoms with Crippen LogP contribution in [0.5, 0.6) is 0 Å². The van der Waals surface area contributed by atoms with Crippen LogP contribution in [-0.4, -0.2) is 9.13 Å². The summed E-state index contributed by atoms with van der Waals surface area (Å²) in [4.78, 5) is 0. The van der Waals surface area contributed by atoms with Crippen LogP contribution in [0.2, 0.25) is 0 Å². The fourth-order valence-corrected chi connectivity index (χ4v) is 4.53. The van der Waals surface area contributed by atoms with Crippen molar-refractivity contribution in [2.45, 2.75) is 39.0 Å². The van der Waals surface area contributed by atoms with Gasteiger partial charge in [0.15, 0.2) is 0 Å². The zero-order valence-electron chi connectivity index (χ0n) is 19.9. The third kappa shape index (κ3) is 4.86. The molecular formula is C30H32N4+2. The van der Waals surface area contributed by atoms with Crippen molar-refractivity contribution < 1.29 is 9.13 Å². The lowest BCUT2D eigenvalue weighted by Crippen LogP contribution is -2.35. The Labute approximate surface area is 202 Å². The number of nitrogens with zero attached hydrogens (tertiary/aromatic N) is 4. The SMILES string of the molecule is C[C@H](c1ccccc1)n1cc[n+](Cc2ccccc2C[n+]2ccn([C@H](C)c3ccccc3)c2)c1. The Balaban J connectivity index is 1.31. The molecule has 0 fully saturated rings. The number of hydrogen-bond donors (Lipinski definition) is 0. The zero-order chi connectivity index (χ0) is 23.3. The fourth-order valence-electron chi connectivity index (χ4n) is 4.53. The number of imidazole rings is 2. The van der Waals surface area contributed by atoms with Gasteiger partial charge in [0, 0.05) is 11.1 Å². The molecule has 0 saturated heterocycles. The molecule has 4 heteroatoms. The second kappa shape index (κ2) is 9.92. The van der Waals surface area contributed by atoms with Gasteiger partial charge in [-0.1, -0.05) is 84.9 Å². The van der Waals surface area contributed by atoms with Crippen LogP contribution in [0, 0.1) is 0 Å². The van der Waals surface area contributed by atoms with Gasteiger partial charge in [0.05, 0.1) is 0 Å². The van der Waals surface area contributed by atoms with Crippen LogP contribution in [0.4, 0.5) is 0 Å². The molecule has 0 aliphatic carbocycles. The van der Waals surface area contributed by atoms with E-state index in [1.54, 1.807) is 0 Å². The van der Waals surface area contributed by atoms with E-state index in [9.17, 15) is 0 Å². The predicted octanol–water partition coefficient (Wildman–Crippen LogP) is 5.18. The van der Waals surface area contributed by atoms with E-state index in [0.717, 1.165) is 13.1 Å². The largest absolute Gasteiger partial charge is 0.244 e. The summed E-state index contributed by atoms with van der Waals surface area (Å²) in [5.74, 6) is 0. The minimum Gasteiger partial charge on any atom is -0.233 e. The molecule has 0 bridgehead atoms. The summed E-state index contributed by atoms with van der Waals surface area (Å²) in [5, 5.41) is 0. The van der Waals surface area contributed by atoms with E-state index in [2.05, 4.69) is 154 Å². The van der Waals surface area contributed by atoms with Gasteiger partial charge in [-0.2, -0.15) is 0 Å². The first-order chi connectivity index (χ1) is 16.7. The van der Waals surface area contributed by atoms with E-state index in [1.807, 2.05) is 0 Å². The summed E-state index contributed by atoms with van der Waals surface area (Å²) in [5.41, 5.74) is 5.32. The standard InChI is InChI=1S/C30H32N4/c1-25(27-11-5-3-6-12-27)33-19-17-31(23-33)21-29-15-9-10-16-30(29)22-32-18-20-34(24-32)26(2)28-13-7-4-8-14-28/h3-20,23-26H,21-22H2,1-2H3/q+2/t25-,26-/m1/s1. The number of aromatic nitrogens is 4. The molecule has 0 amide bonds. The van der Waals surface area contributed by atoms with Crippen LogP contribution >= 0.6 is 0 Å². The van der Waals surface area contributed by atoms with Crippen LogP contribution < -0.4 is 9.13 Å². The molecule has 0 aliphatic rings. The molecule has 5 aromatic rings. The molecular weight excluding hydrogens is 416 g/mol. The highest BCUT2D eigenvalue weighted by Crippen LogP contribution is 2.18. The van der Waals surface area contributed by atoms with Crippen LogP contribution in [0.25, 0.3) is 0 Å². The van der Waals surface area contributed by atoms with Gasteiger partial charge in [-0.15, -0.1) is 0 Å². The van der Waals surface area contributed by atoms with Crippen molar-refractivity contribution in [1.82, 2.24) is 9.13 Å². The smallest absolute Gasteiger partial charge is 0.233 e. The highest BCUT2D eigenvalue weighted by Gasteiger charge is 2.17. The minimum absolute atomic E-state index is 0.305. The van der Waals surface area contributed by atoms with E-state index in [1.165, 1.54) is 22.3 Å². The number of benzene rings is 3. The molecule has 2 atom stereocenters. The van der Waals surface area contributed by atoms with Crippen LogP contribution in [0.3, 0.4) is 0 Å². The molecule has 0 unspecified atom stereocenters. The number of hydrogen-bond acceptors (Lipinski definition) is 0. The first kappa shape index (κ1) is 21.9. The zero-order valence-corrected chi connectivity index (χ0v) is 19.9. The lowest BCUT2D eigenvalue weighted by molar-refractivity contribution is -0.693. The average molecular weight is 449 g/mol. The van der Waals surface area contributed by atoms with E-state index in [0.29, 0.717) is 12.1 Å². The molecule has 5 rings (SSSR count). The maximum absolute atomic E-state index is 2.28. The molecule has 0 N–H and O–H groups in total. The van der Waals surface area contributed by atoms with Gasteiger partial charge < -0.3 is 0 Å². The minimum atomic E-state index is 0.305. The summed E-state index contributed by atoms with van der Waals surface area (Å²) < 4.78 is 9.09. The molecule has 170 valence electrons. The summed E-state index contributed by atoms with van der Waals surface area (Å²) in [6.07, 6.45) is 13.1. The van der Waals surface area contributed by atoms with E-state index < -0.39 is 0 Å². The van der Waals surface area contributed by atoms with Crippen molar-refractivity contribution in [2.24, 2.45) is 0 Å². The topological polar surface area (TPSA) is 17.6 Å². The summed E-state index contributed by atoms with van der Waals surface area (Å²) in [7, 11) is 0. The molecule has 0 saturated carbocycles. The Kier molecular flexibility index (Phi) is 6.39. The van der Waals surface area contributed by atoms with Crippen molar-refractivity contribution in [3.63, 3.8) is 0 Å². The highest BCUT2D eigenvalue weighted by molar-refractivity contribution is 5.25. The van der Waals surface area contributed by atoms with Crippen LogP contribution in [-0.2, 0) is 13.1 Å². The average Bonchev–Trinajstić information content (AvgIpc) is 3.55. The Morgan fingerprint density at radius 1 is 0.559 bits per heavy atom. The molecule has 4 nitrogen and oxygen atoms in total. The van der Waals surface area contributed by atoms with Gasteiger partial charge in [-0.3, -0.25) is 0 Å². The van der Waals surface area contributed by atoms with Crippen molar-refractivity contribution >= 4 is 0 Å². The van der Waals surface area contributed by atoms with Crippen LogP contribution in [0.15, 0.2) is 122 Å². The van der Waals surface area contributed by atoms with Gasteiger partial charge in [0.1, 0.15) is 50.0 Å². The van der Waals surface area contributed by atoms with Gasteiger partial charge in [0.25, 0.3) is 0 Å². The van der Waals surface area contributed by atoms with Gasteiger partial charge in [-0.05, 0) is 25.0 Å². The molecule has 3 aromatic carbocycles. The Morgan fingerprint density at radius 3 is 1.35 bits per heavy atom. The van der Waals surface area contributed by atoms with Crippen molar-refractivity contribution in [3.8, 4) is 0 Å². The quantitative estimate of drug-likeness (QED) is 0.291. The molecule has 2 heterocycles. The molecule has 0 spiro atoms. The number of rotatable bonds is 8. The van der Waals surface area contributed by atoms with Crippen molar-refractivity contribution in [3.05, 3.63) is 145 Å². The Bertz CT molecular complexity index is 1230. The molecule has 0 aliphatic heterocycles. The molecule has 0 radical (unpaired) electrons. The summed E-state index contributed by atoms with van der Waals surface area (Å²) in [6, 6.07) is 30.7. The first-order valence-electron chi connectivity index (χ1n) is 12.0. The van der Waals surface area contributed by atoms with E-state index in [-0.39, 0.29) is 0 Å². The van der Waals surface area contributed by atoms with Gasteiger partial charge in [-0.25, -0.2) is 18.3 Å². The monoisotopic (exact) mass is 448 g/mol. The lowest BCUT2D eigenvalue weighted by atomic mass is 10.1. The van der Waals surface area contributed by atoms with E-state index in [4.69, 9.17) is 0 Å². The third-order valence-electron chi connectivity index (χ3n) is 6.71. The van der Waals surface area contributed by atoms with Crippen molar-refractivity contribution in [1.29, 1.82) is 0 Å². The summed E-state index contributed by atoms with van der Waals surface area (Å²) in [6.45, 7) is 6.19. The Morgan fingerprint density at radius 2 is 0.941 bits per heavy atom. The highest BCUT2D eigenvalue weighted by atomic mass is 15.1.